The third-order valence-electron chi connectivity index (χ3n) is 2.79. The van der Waals surface area contributed by atoms with Crippen LogP contribution in [0.5, 0.6) is 0 Å². The first-order chi connectivity index (χ1) is 7.11. The summed E-state index contributed by atoms with van der Waals surface area (Å²) in [6, 6.07) is 0.284. The Balaban J connectivity index is 2.24. The standard InChI is InChI=1S/C11H22N2O2/c1-8(7-12)5-11(14)13-10-3-4-15-9(2)6-10/h8-10H,3-7,12H2,1-2H3,(H,13,14). The molecule has 3 atom stereocenters. The molecule has 0 radical (unpaired) electrons. The average molecular weight is 214 g/mol. The van der Waals surface area contributed by atoms with E-state index in [1.54, 1.807) is 0 Å². The normalized spacial score (nSPS) is 28.5. The molecule has 4 nitrogen and oxygen atoms in total. The minimum absolute atomic E-state index is 0.118. The van der Waals surface area contributed by atoms with Crippen molar-refractivity contribution in [1.82, 2.24) is 5.32 Å². The molecule has 15 heavy (non-hydrogen) atoms. The van der Waals surface area contributed by atoms with E-state index in [4.69, 9.17) is 10.5 Å². The zero-order valence-electron chi connectivity index (χ0n) is 9.66. The minimum atomic E-state index is 0.118. The van der Waals surface area contributed by atoms with Gasteiger partial charge in [0.1, 0.15) is 0 Å². The van der Waals surface area contributed by atoms with Gasteiger partial charge >= 0.3 is 0 Å². The van der Waals surface area contributed by atoms with Gasteiger partial charge in [0.15, 0.2) is 0 Å². The second kappa shape index (κ2) is 6.08. The molecule has 3 unspecified atom stereocenters. The summed E-state index contributed by atoms with van der Waals surface area (Å²) >= 11 is 0. The zero-order chi connectivity index (χ0) is 11.3. The van der Waals surface area contributed by atoms with Crippen LogP contribution in [0.3, 0.4) is 0 Å². The lowest BCUT2D eigenvalue weighted by atomic mass is 10.0. The summed E-state index contributed by atoms with van der Waals surface area (Å²) in [6.07, 6.45) is 2.63. The Morgan fingerprint density at radius 3 is 3.00 bits per heavy atom. The van der Waals surface area contributed by atoms with Crippen LogP contribution in [0.15, 0.2) is 0 Å². The van der Waals surface area contributed by atoms with Crippen LogP contribution in [0.2, 0.25) is 0 Å². The predicted molar refractivity (Wildman–Crippen MR) is 59.4 cm³/mol. The van der Waals surface area contributed by atoms with Crippen LogP contribution in [0, 0.1) is 5.92 Å². The highest BCUT2D eigenvalue weighted by Crippen LogP contribution is 2.13. The molecule has 88 valence electrons. The summed E-state index contributed by atoms with van der Waals surface area (Å²) in [5, 5.41) is 3.04. The molecule has 0 aromatic carbocycles. The molecule has 1 aliphatic rings. The number of ether oxygens (including phenoxy) is 1. The van der Waals surface area contributed by atoms with E-state index in [2.05, 4.69) is 5.32 Å². The molecule has 0 saturated carbocycles. The molecule has 0 spiro atoms. The number of hydrogen-bond acceptors (Lipinski definition) is 3. The number of carbonyl (C=O) groups excluding carboxylic acids is 1. The van der Waals surface area contributed by atoms with Gasteiger partial charge < -0.3 is 15.8 Å². The molecule has 1 heterocycles. The van der Waals surface area contributed by atoms with Crippen molar-refractivity contribution < 1.29 is 9.53 Å². The molecule has 3 N–H and O–H groups in total. The second-order valence-electron chi connectivity index (χ2n) is 4.52. The van der Waals surface area contributed by atoms with Crippen LogP contribution in [-0.4, -0.2) is 31.2 Å². The van der Waals surface area contributed by atoms with E-state index in [9.17, 15) is 4.79 Å². The lowest BCUT2D eigenvalue weighted by Crippen LogP contribution is -2.42. The Morgan fingerprint density at radius 2 is 2.40 bits per heavy atom. The lowest BCUT2D eigenvalue weighted by molar-refractivity contribution is -0.123. The van der Waals surface area contributed by atoms with Gasteiger partial charge in [-0.15, -0.1) is 0 Å². The fraction of sp³-hybridized carbons (Fsp3) is 0.909. The number of amides is 1. The maximum Gasteiger partial charge on any atom is 0.220 e. The highest BCUT2D eigenvalue weighted by Gasteiger charge is 2.21. The molecular formula is C11H22N2O2. The molecule has 0 aliphatic carbocycles. The van der Waals surface area contributed by atoms with Gasteiger partial charge in [-0.25, -0.2) is 0 Å². The monoisotopic (exact) mass is 214 g/mol. The summed E-state index contributed by atoms with van der Waals surface area (Å²) in [4.78, 5) is 11.6. The fourth-order valence-electron chi connectivity index (χ4n) is 1.82. The lowest BCUT2D eigenvalue weighted by Gasteiger charge is -2.28. The number of nitrogens with two attached hydrogens (primary N) is 1. The molecule has 1 fully saturated rings. The van der Waals surface area contributed by atoms with E-state index in [0.717, 1.165) is 19.4 Å². The number of rotatable bonds is 4. The Labute approximate surface area is 91.5 Å². The van der Waals surface area contributed by atoms with Crippen molar-refractivity contribution in [2.24, 2.45) is 11.7 Å². The molecule has 4 heteroatoms. The van der Waals surface area contributed by atoms with Crippen molar-refractivity contribution in [3.8, 4) is 0 Å². The van der Waals surface area contributed by atoms with Gasteiger partial charge in [0.2, 0.25) is 5.91 Å². The Morgan fingerprint density at radius 1 is 1.67 bits per heavy atom. The van der Waals surface area contributed by atoms with Crippen LogP contribution in [0.1, 0.15) is 33.1 Å². The van der Waals surface area contributed by atoms with Crippen LogP contribution in [-0.2, 0) is 9.53 Å². The molecular weight excluding hydrogens is 192 g/mol. The van der Waals surface area contributed by atoms with Gasteiger partial charge in [-0.1, -0.05) is 6.92 Å². The Kier molecular flexibility index (Phi) is 5.05. The molecule has 0 bridgehead atoms. The molecule has 0 aromatic rings. The van der Waals surface area contributed by atoms with Crippen LogP contribution in [0.4, 0.5) is 0 Å². The van der Waals surface area contributed by atoms with E-state index in [1.807, 2.05) is 13.8 Å². The van der Waals surface area contributed by atoms with E-state index in [-0.39, 0.29) is 24.0 Å². The molecule has 1 amide bonds. The number of nitrogens with one attached hydrogen (secondary N) is 1. The second-order valence-corrected chi connectivity index (χ2v) is 4.52. The Hall–Kier alpha value is -0.610. The summed E-state index contributed by atoms with van der Waals surface area (Å²) in [6.45, 7) is 5.35. The summed E-state index contributed by atoms with van der Waals surface area (Å²) in [7, 11) is 0. The zero-order valence-corrected chi connectivity index (χ0v) is 9.66. The summed E-state index contributed by atoms with van der Waals surface area (Å²) in [5.41, 5.74) is 5.48. The van der Waals surface area contributed by atoms with Crippen LogP contribution in [0.25, 0.3) is 0 Å². The first kappa shape index (κ1) is 12.5. The molecule has 1 saturated heterocycles. The summed E-state index contributed by atoms with van der Waals surface area (Å²) < 4.78 is 5.42. The van der Waals surface area contributed by atoms with E-state index >= 15 is 0 Å². The molecule has 1 aliphatic heterocycles. The predicted octanol–water partition coefficient (Wildman–Crippen LogP) is 0.655. The van der Waals surface area contributed by atoms with Crippen molar-refractivity contribution in [3.63, 3.8) is 0 Å². The fourth-order valence-corrected chi connectivity index (χ4v) is 1.82. The van der Waals surface area contributed by atoms with Crippen molar-refractivity contribution in [1.29, 1.82) is 0 Å². The SMILES string of the molecule is CC(CN)CC(=O)NC1CCOC(C)C1. The number of carbonyl (C=O) groups is 1. The average Bonchev–Trinajstić information content (AvgIpc) is 2.17. The summed E-state index contributed by atoms with van der Waals surface area (Å²) in [5.74, 6) is 0.384. The van der Waals surface area contributed by atoms with Crippen molar-refractivity contribution in [3.05, 3.63) is 0 Å². The van der Waals surface area contributed by atoms with Crippen LogP contribution >= 0.6 is 0 Å². The minimum Gasteiger partial charge on any atom is -0.378 e. The number of hydrogen-bond donors (Lipinski definition) is 2. The Bertz CT molecular complexity index is 209. The van der Waals surface area contributed by atoms with Gasteiger partial charge in [0.25, 0.3) is 0 Å². The van der Waals surface area contributed by atoms with Gasteiger partial charge in [-0.2, -0.15) is 0 Å². The smallest absolute Gasteiger partial charge is 0.220 e. The first-order valence-electron chi connectivity index (χ1n) is 5.72. The van der Waals surface area contributed by atoms with Crippen LogP contribution < -0.4 is 11.1 Å². The van der Waals surface area contributed by atoms with Gasteiger partial charge in [-0.3, -0.25) is 4.79 Å². The van der Waals surface area contributed by atoms with Gasteiger partial charge in [0.05, 0.1) is 6.10 Å². The maximum absolute atomic E-state index is 11.6. The maximum atomic E-state index is 11.6. The topological polar surface area (TPSA) is 64.4 Å². The van der Waals surface area contributed by atoms with E-state index in [0.29, 0.717) is 13.0 Å². The van der Waals surface area contributed by atoms with Gasteiger partial charge in [0, 0.05) is 19.1 Å². The third-order valence-corrected chi connectivity index (χ3v) is 2.79. The molecule has 0 aromatic heterocycles. The third kappa shape index (κ3) is 4.62. The highest BCUT2D eigenvalue weighted by molar-refractivity contribution is 5.76. The van der Waals surface area contributed by atoms with Crippen molar-refractivity contribution in [2.75, 3.05) is 13.2 Å². The van der Waals surface area contributed by atoms with Gasteiger partial charge in [-0.05, 0) is 32.2 Å². The largest absolute Gasteiger partial charge is 0.378 e. The first-order valence-corrected chi connectivity index (χ1v) is 5.72. The van der Waals surface area contributed by atoms with E-state index < -0.39 is 0 Å². The quantitative estimate of drug-likeness (QED) is 0.722. The van der Waals surface area contributed by atoms with E-state index in [1.165, 1.54) is 0 Å². The van der Waals surface area contributed by atoms with Crippen molar-refractivity contribution >= 4 is 5.91 Å². The molecule has 1 rings (SSSR count). The highest BCUT2D eigenvalue weighted by atomic mass is 16.5. The van der Waals surface area contributed by atoms with Crippen molar-refractivity contribution in [2.45, 2.75) is 45.3 Å².